The summed E-state index contributed by atoms with van der Waals surface area (Å²) in [6.07, 6.45) is 1.58. The first-order chi connectivity index (χ1) is 8.45. The van der Waals surface area contributed by atoms with E-state index in [1.54, 1.807) is 12.3 Å². The standard InChI is InChI=1S/C10H8ClIN4O2/c1-5-3-4-13-8(14-5)7-6(9(17)18-2)10(11,12)16-15-7/h3-4H,1-2H3. The van der Waals surface area contributed by atoms with E-state index in [9.17, 15) is 4.79 Å². The third kappa shape index (κ3) is 2.37. The highest BCUT2D eigenvalue weighted by atomic mass is 127. The van der Waals surface area contributed by atoms with E-state index in [1.165, 1.54) is 7.11 Å². The second kappa shape index (κ2) is 4.88. The molecule has 1 unspecified atom stereocenters. The zero-order valence-electron chi connectivity index (χ0n) is 9.52. The molecule has 1 aliphatic rings. The Balaban J connectivity index is 2.59. The fraction of sp³-hybridized carbons (Fsp3) is 0.300. The summed E-state index contributed by atoms with van der Waals surface area (Å²) in [5.74, 6) is -0.289. The van der Waals surface area contributed by atoms with Crippen molar-refractivity contribution in [3.05, 3.63) is 29.4 Å². The largest absolute Gasteiger partial charge is 0.465 e. The fourth-order valence-electron chi connectivity index (χ4n) is 1.40. The molecule has 1 aromatic rings. The van der Waals surface area contributed by atoms with Crippen molar-refractivity contribution in [2.45, 2.75) is 9.93 Å². The normalized spacial score (nSPS) is 22.4. The minimum atomic E-state index is -1.27. The monoisotopic (exact) mass is 378 g/mol. The summed E-state index contributed by atoms with van der Waals surface area (Å²) in [6.45, 7) is 1.81. The van der Waals surface area contributed by atoms with Gasteiger partial charge in [0, 0.05) is 11.9 Å². The SMILES string of the molecule is COC(=O)C1=C(c2nccc(C)n2)N=NC1(Cl)I. The van der Waals surface area contributed by atoms with Gasteiger partial charge in [-0.2, -0.15) is 0 Å². The minimum absolute atomic E-state index is 0.137. The highest BCUT2D eigenvalue weighted by molar-refractivity contribution is 14.1. The number of aromatic nitrogens is 2. The maximum atomic E-state index is 11.8. The Morgan fingerprint density at radius 2 is 2.28 bits per heavy atom. The van der Waals surface area contributed by atoms with E-state index in [-0.39, 0.29) is 11.3 Å². The topological polar surface area (TPSA) is 76.8 Å². The lowest BCUT2D eigenvalue weighted by atomic mass is 10.2. The van der Waals surface area contributed by atoms with Crippen molar-refractivity contribution in [1.82, 2.24) is 9.97 Å². The summed E-state index contributed by atoms with van der Waals surface area (Å²) in [6, 6.07) is 1.74. The van der Waals surface area contributed by atoms with Crippen molar-refractivity contribution in [3.8, 4) is 0 Å². The number of methoxy groups -OCH3 is 1. The van der Waals surface area contributed by atoms with Crippen LogP contribution in [0.2, 0.25) is 0 Å². The Kier molecular flexibility index (Phi) is 3.62. The van der Waals surface area contributed by atoms with Crippen molar-refractivity contribution >= 4 is 45.9 Å². The summed E-state index contributed by atoms with van der Waals surface area (Å²) in [5, 5.41) is 7.72. The Morgan fingerprint density at radius 3 is 2.89 bits per heavy atom. The van der Waals surface area contributed by atoms with E-state index in [0.29, 0.717) is 5.82 Å². The summed E-state index contributed by atoms with van der Waals surface area (Å²) in [4.78, 5) is 20.0. The van der Waals surface area contributed by atoms with Crippen LogP contribution in [0.15, 0.2) is 28.1 Å². The number of rotatable bonds is 2. The van der Waals surface area contributed by atoms with Crippen LogP contribution >= 0.6 is 34.2 Å². The van der Waals surface area contributed by atoms with Crippen molar-refractivity contribution in [2.75, 3.05) is 7.11 Å². The highest BCUT2D eigenvalue weighted by Gasteiger charge is 2.42. The van der Waals surface area contributed by atoms with Gasteiger partial charge in [0.05, 0.1) is 7.11 Å². The maximum absolute atomic E-state index is 11.8. The highest BCUT2D eigenvalue weighted by Crippen LogP contribution is 2.44. The maximum Gasteiger partial charge on any atom is 0.340 e. The number of alkyl halides is 2. The van der Waals surface area contributed by atoms with Crippen LogP contribution in [0.25, 0.3) is 5.70 Å². The summed E-state index contributed by atoms with van der Waals surface area (Å²) in [7, 11) is 1.27. The van der Waals surface area contributed by atoms with Crippen LogP contribution in [-0.4, -0.2) is 26.1 Å². The van der Waals surface area contributed by atoms with E-state index in [4.69, 9.17) is 16.3 Å². The third-order valence-electron chi connectivity index (χ3n) is 2.21. The average Bonchev–Trinajstić information content (AvgIpc) is 2.64. The lowest BCUT2D eigenvalue weighted by Gasteiger charge is -2.11. The molecule has 1 aliphatic heterocycles. The Labute approximate surface area is 122 Å². The molecule has 0 saturated heterocycles. The van der Waals surface area contributed by atoms with E-state index >= 15 is 0 Å². The number of hydrogen-bond acceptors (Lipinski definition) is 6. The molecule has 1 aromatic heterocycles. The molecule has 2 rings (SSSR count). The predicted octanol–water partition coefficient (Wildman–Crippen LogP) is 2.46. The summed E-state index contributed by atoms with van der Waals surface area (Å²) >= 11 is 7.91. The van der Waals surface area contributed by atoms with E-state index < -0.39 is 8.97 Å². The van der Waals surface area contributed by atoms with Gasteiger partial charge in [-0.15, -0.1) is 10.2 Å². The Hall–Kier alpha value is -1.09. The van der Waals surface area contributed by atoms with Gasteiger partial charge in [-0.05, 0) is 35.6 Å². The van der Waals surface area contributed by atoms with Crippen molar-refractivity contribution in [2.24, 2.45) is 10.2 Å². The van der Waals surface area contributed by atoms with Crippen LogP contribution in [0, 0.1) is 6.92 Å². The number of esters is 1. The molecular weight excluding hydrogens is 370 g/mol. The fourth-order valence-corrected chi connectivity index (χ4v) is 2.18. The Morgan fingerprint density at radius 1 is 1.56 bits per heavy atom. The summed E-state index contributed by atoms with van der Waals surface area (Å²) < 4.78 is 3.42. The number of azo groups is 1. The van der Waals surface area contributed by atoms with Crippen LogP contribution in [0.3, 0.4) is 0 Å². The molecule has 2 heterocycles. The van der Waals surface area contributed by atoms with Crippen LogP contribution in [0.1, 0.15) is 11.5 Å². The van der Waals surface area contributed by atoms with Gasteiger partial charge in [0.25, 0.3) is 0 Å². The molecule has 0 amide bonds. The minimum Gasteiger partial charge on any atom is -0.465 e. The number of carbonyl (C=O) groups excluding carboxylic acids is 1. The van der Waals surface area contributed by atoms with Gasteiger partial charge in [0.1, 0.15) is 11.3 Å². The van der Waals surface area contributed by atoms with Crippen molar-refractivity contribution in [3.63, 3.8) is 0 Å². The van der Waals surface area contributed by atoms with Crippen LogP contribution in [0.4, 0.5) is 0 Å². The van der Waals surface area contributed by atoms with E-state index in [2.05, 4.69) is 20.2 Å². The molecular formula is C10H8ClIN4O2. The number of carbonyl (C=O) groups is 1. The smallest absolute Gasteiger partial charge is 0.340 e. The van der Waals surface area contributed by atoms with Crippen molar-refractivity contribution in [1.29, 1.82) is 0 Å². The molecule has 0 aliphatic carbocycles. The van der Waals surface area contributed by atoms with Gasteiger partial charge >= 0.3 is 5.97 Å². The lowest BCUT2D eigenvalue weighted by Crippen LogP contribution is -2.19. The third-order valence-corrected chi connectivity index (χ3v) is 3.23. The molecule has 1 atom stereocenters. The van der Waals surface area contributed by atoms with Gasteiger partial charge in [-0.3, -0.25) is 0 Å². The number of nitrogens with zero attached hydrogens (tertiary/aromatic N) is 4. The van der Waals surface area contributed by atoms with Crippen LogP contribution in [0.5, 0.6) is 0 Å². The van der Waals surface area contributed by atoms with Crippen molar-refractivity contribution < 1.29 is 9.53 Å². The first kappa shape index (κ1) is 13.3. The van der Waals surface area contributed by atoms with Gasteiger partial charge in [0.2, 0.25) is 3.00 Å². The van der Waals surface area contributed by atoms with Gasteiger partial charge in [0.15, 0.2) is 5.82 Å². The quantitative estimate of drug-likeness (QED) is 0.343. The van der Waals surface area contributed by atoms with Crippen LogP contribution < -0.4 is 0 Å². The molecule has 8 heteroatoms. The second-order valence-electron chi connectivity index (χ2n) is 3.48. The number of halogens is 2. The summed E-state index contributed by atoms with van der Waals surface area (Å²) in [5.41, 5.74) is 1.14. The Bertz CT molecular complexity index is 571. The molecule has 0 radical (unpaired) electrons. The predicted molar refractivity (Wildman–Crippen MR) is 73.2 cm³/mol. The number of ether oxygens (including phenoxy) is 1. The molecule has 18 heavy (non-hydrogen) atoms. The number of aryl methyl sites for hydroxylation is 1. The molecule has 0 saturated carbocycles. The number of hydrogen-bond donors (Lipinski definition) is 0. The molecule has 94 valence electrons. The molecule has 0 fully saturated rings. The van der Waals surface area contributed by atoms with Gasteiger partial charge in [-0.1, -0.05) is 11.6 Å². The zero-order chi connectivity index (χ0) is 13.3. The van der Waals surface area contributed by atoms with Gasteiger partial charge in [-0.25, -0.2) is 14.8 Å². The van der Waals surface area contributed by atoms with Crippen LogP contribution in [-0.2, 0) is 9.53 Å². The molecule has 6 nitrogen and oxygen atoms in total. The van der Waals surface area contributed by atoms with E-state index in [0.717, 1.165) is 5.69 Å². The first-order valence-electron chi connectivity index (χ1n) is 4.89. The first-order valence-corrected chi connectivity index (χ1v) is 6.35. The molecule has 0 aromatic carbocycles. The molecule has 0 N–H and O–H groups in total. The second-order valence-corrected chi connectivity index (χ2v) is 6.22. The van der Waals surface area contributed by atoms with E-state index in [1.807, 2.05) is 29.5 Å². The molecule has 0 spiro atoms. The zero-order valence-corrected chi connectivity index (χ0v) is 12.4. The lowest BCUT2D eigenvalue weighted by molar-refractivity contribution is -0.136. The molecule has 0 bridgehead atoms. The average molecular weight is 379 g/mol. The van der Waals surface area contributed by atoms with Gasteiger partial charge < -0.3 is 4.74 Å².